The maximum Gasteiger partial charge on any atom is 0.242 e. The highest BCUT2D eigenvalue weighted by molar-refractivity contribution is 7.98. The van der Waals surface area contributed by atoms with Crippen molar-refractivity contribution in [3.05, 3.63) is 41.1 Å². The summed E-state index contributed by atoms with van der Waals surface area (Å²) in [7, 11) is 1.62. The van der Waals surface area contributed by atoms with Crippen molar-refractivity contribution >= 4 is 29.4 Å². The molecule has 2 amide bonds. The molecule has 7 nitrogen and oxygen atoms in total. The van der Waals surface area contributed by atoms with E-state index in [0.717, 1.165) is 34.1 Å². The summed E-state index contributed by atoms with van der Waals surface area (Å²) in [4.78, 5) is 24.5. The molecule has 0 aliphatic carbocycles. The molecular formula is C19H24N4O3S. The minimum Gasteiger partial charge on any atom is -0.497 e. The molecule has 0 unspecified atom stereocenters. The van der Waals surface area contributed by atoms with E-state index in [1.165, 1.54) is 0 Å². The number of nitrogens with one attached hydrogen (secondary N) is 2. The van der Waals surface area contributed by atoms with Gasteiger partial charge in [0.15, 0.2) is 0 Å². The van der Waals surface area contributed by atoms with Gasteiger partial charge in [0.05, 0.1) is 12.8 Å². The zero-order valence-corrected chi connectivity index (χ0v) is 16.6. The van der Waals surface area contributed by atoms with Crippen LogP contribution in [0.15, 0.2) is 24.3 Å². The van der Waals surface area contributed by atoms with Gasteiger partial charge in [-0.2, -0.15) is 16.9 Å². The van der Waals surface area contributed by atoms with Gasteiger partial charge in [-0.25, -0.2) is 4.68 Å². The minimum absolute atomic E-state index is 0.0710. The highest BCUT2D eigenvalue weighted by Crippen LogP contribution is 2.34. The van der Waals surface area contributed by atoms with Crippen LogP contribution < -0.4 is 15.4 Å². The summed E-state index contributed by atoms with van der Waals surface area (Å²) in [5, 5.41) is 10.4. The van der Waals surface area contributed by atoms with E-state index in [-0.39, 0.29) is 24.3 Å². The predicted molar refractivity (Wildman–Crippen MR) is 106 cm³/mol. The van der Waals surface area contributed by atoms with Gasteiger partial charge in [-0.3, -0.25) is 9.59 Å². The molecule has 1 aromatic carbocycles. The molecule has 27 heavy (non-hydrogen) atoms. The van der Waals surface area contributed by atoms with Gasteiger partial charge in [0.1, 0.15) is 18.1 Å². The number of anilines is 1. The van der Waals surface area contributed by atoms with Crippen LogP contribution in [-0.2, 0) is 34.2 Å². The second kappa shape index (κ2) is 8.47. The van der Waals surface area contributed by atoms with Crippen molar-refractivity contribution in [2.24, 2.45) is 5.92 Å². The van der Waals surface area contributed by atoms with Crippen molar-refractivity contribution in [3.8, 4) is 5.75 Å². The molecule has 0 saturated heterocycles. The first-order chi connectivity index (χ1) is 13.0. The zero-order valence-electron chi connectivity index (χ0n) is 15.7. The van der Waals surface area contributed by atoms with Gasteiger partial charge in [0, 0.05) is 29.5 Å². The summed E-state index contributed by atoms with van der Waals surface area (Å²) in [6.45, 7) is 4.17. The second-order valence-corrected chi connectivity index (χ2v) is 7.68. The van der Waals surface area contributed by atoms with Crippen molar-refractivity contribution in [2.75, 3.05) is 12.4 Å². The van der Waals surface area contributed by atoms with E-state index < -0.39 is 0 Å². The highest BCUT2D eigenvalue weighted by atomic mass is 32.2. The number of rotatable bonds is 7. The summed E-state index contributed by atoms with van der Waals surface area (Å²) in [6, 6.07) is 7.54. The van der Waals surface area contributed by atoms with E-state index in [1.807, 2.05) is 38.1 Å². The molecule has 1 aliphatic heterocycles. The minimum atomic E-state index is -0.153. The molecule has 2 N–H and O–H groups in total. The lowest BCUT2D eigenvalue weighted by Crippen LogP contribution is -2.29. The highest BCUT2D eigenvalue weighted by Gasteiger charge is 2.25. The number of methoxy groups -OCH3 is 1. The topological polar surface area (TPSA) is 85.2 Å². The molecule has 1 aliphatic rings. The maximum atomic E-state index is 12.4. The summed E-state index contributed by atoms with van der Waals surface area (Å²) < 4.78 is 6.74. The normalized spacial score (nSPS) is 12.7. The number of hydrogen-bond acceptors (Lipinski definition) is 5. The monoisotopic (exact) mass is 388 g/mol. The Balaban J connectivity index is 1.65. The predicted octanol–water partition coefficient (Wildman–Crippen LogP) is 2.55. The molecule has 0 saturated carbocycles. The number of amides is 2. The van der Waals surface area contributed by atoms with Gasteiger partial charge in [0.2, 0.25) is 11.8 Å². The van der Waals surface area contributed by atoms with Crippen LogP contribution in [0.25, 0.3) is 0 Å². The van der Waals surface area contributed by atoms with Crippen LogP contribution in [0.5, 0.6) is 5.75 Å². The average Bonchev–Trinajstić information content (AvgIpc) is 3.23. The fourth-order valence-corrected chi connectivity index (χ4v) is 3.75. The molecule has 0 fully saturated rings. The molecule has 2 heterocycles. The molecule has 0 atom stereocenters. The Morgan fingerprint density at radius 1 is 1.26 bits per heavy atom. The lowest BCUT2D eigenvalue weighted by molar-refractivity contribution is -0.122. The first kappa shape index (κ1) is 19.3. The molecule has 8 heteroatoms. The number of carbonyl (C=O) groups is 2. The summed E-state index contributed by atoms with van der Waals surface area (Å²) >= 11 is 1.76. The lowest BCUT2D eigenvalue weighted by Gasteiger charge is -2.12. The number of thioether (sulfide) groups is 1. The average molecular weight is 388 g/mol. The van der Waals surface area contributed by atoms with Crippen LogP contribution in [0.4, 0.5) is 5.82 Å². The van der Waals surface area contributed by atoms with E-state index in [1.54, 1.807) is 23.6 Å². The first-order valence-electron chi connectivity index (χ1n) is 8.84. The Morgan fingerprint density at radius 2 is 2.00 bits per heavy atom. The Morgan fingerprint density at radius 3 is 2.67 bits per heavy atom. The van der Waals surface area contributed by atoms with E-state index >= 15 is 0 Å². The summed E-state index contributed by atoms with van der Waals surface area (Å²) in [5.41, 5.74) is 2.95. The van der Waals surface area contributed by atoms with Crippen LogP contribution in [0.3, 0.4) is 0 Å². The van der Waals surface area contributed by atoms with Crippen LogP contribution in [-0.4, -0.2) is 28.7 Å². The number of benzene rings is 1. The molecule has 0 bridgehead atoms. The van der Waals surface area contributed by atoms with Gasteiger partial charge in [-0.15, -0.1) is 0 Å². The van der Waals surface area contributed by atoms with Crippen molar-refractivity contribution in [1.29, 1.82) is 0 Å². The molecule has 144 valence electrons. The van der Waals surface area contributed by atoms with Crippen LogP contribution in [0, 0.1) is 5.92 Å². The number of hydrogen-bond donors (Lipinski definition) is 2. The summed E-state index contributed by atoms with van der Waals surface area (Å²) in [6.07, 6.45) is 0. The third kappa shape index (κ3) is 4.63. The second-order valence-electron chi connectivity index (χ2n) is 6.69. The number of ether oxygens (including phenoxy) is 1. The van der Waals surface area contributed by atoms with Crippen LogP contribution in [0.2, 0.25) is 0 Å². The fourth-order valence-electron chi connectivity index (χ4n) is 2.72. The van der Waals surface area contributed by atoms with Crippen molar-refractivity contribution < 1.29 is 14.3 Å². The standard InChI is InChI=1S/C19H24N4O3S/c1-12(2)19(25)21-18-15-10-27-11-16(15)22-23(18)9-17(24)20-8-13-4-6-14(26-3)7-5-13/h4-7,12H,8-11H2,1-3H3,(H,20,24)(H,21,25). The Labute approximate surface area is 162 Å². The van der Waals surface area contributed by atoms with Crippen molar-refractivity contribution in [3.63, 3.8) is 0 Å². The largest absolute Gasteiger partial charge is 0.497 e. The smallest absolute Gasteiger partial charge is 0.242 e. The Bertz CT molecular complexity index is 830. The van der Waals surface area contributed by atoms with Gasteiger partial charge in [0.25, 0.3) is 0 Å². The molecule has 3 rings (SSSR count). The molecule has 0 spiro atoms. The van der Waals surface area contributed by atoms with E-state index in [4.69, 9.17) is 4.74 Å². The molecule has 0 radical (unpaired) electrons. The molecule has 2 aromatic rings. The Kier molecular flexibility index (Phi) is 6.05. The number of aromatic nitrogens is 2. The third-order valence-corrected chi connectivity index (χ3v) is 5.30. The van der Waals surface area contributed by atoms with E-state index in [0.29, 0.717) is 12.4 Å². The maximum absolute atomic E-state index is 12.4. The van der Waals surface area contributed by atoms with Gasteiger partial charge < -0.3 is 15.4 Å². The quantitative estimate of drug-likeness (QED) is 0.761. The van der Waals surface area contributed by atoms with Crippen LogP contribution in [0.1, 0.15) is 30.7 Å². The first-order valence-corrected chi connectivity index (χ1v) is 10.00. The van der Waals surface area contributed by atoms with E-state index in [9.17, 15) is 9.59 Å². The number of fused-ring (bicyclic) bond motifs is 1. The van der Waals surface area contributed by atoms with Crippen molar-refractivity contribution in [2.45, 2.75) is 38.4 Å². The number of nitrogens with zero attached hydrogens (tertiary/aromatic N) is 2. The molecule has 1 aromatic heterocycles. The Hall–Kier alpha value is -2.48. The van der Waals surface area contributed by atoms with E-state index in [2.05, 4.69) is 15.7 Å². The van der Waals surface area contributed by atoms with Crippen molar-refractivity contribution in [1.82, 2.24) is 15.1 Å². The molecular weight excluding hydrogens is 364 g/mol. The fraction of sp³-hybridized carbons (Fsp3) is 0.421. The summed E-state index contributed by atoms with van der Waals surface area (Å²) in [5.74, 6) is 2.67. The van der Waals surface area contributed by atoms with Gasteiger partial charge in [-0.05, 0) is 17.7 Å². The SMILES string of the molecule is COc1ccc(CNC(=O)Cn2nc3c(c2NC(=O)C(C)C)CSC3)cc1. The number of carbonyl (C=O) groups excluding carboxylic acids is 2. The van der Waals surface area contributed by atoms with Crippen LogP contribution >= 0.6 is 11.8 Å². The van der Waals surface area contributed by atoms with Gasteiger partial charge >= 0.3 is 0 Å². The van der Waals surface area contributed by atoms with Gasteiger partial charge in [-0.1, -0.05) is 26.0 Å². The zero-order chi connectivity index (χ0) is 19.4. The lowest BCUT2D eigenvalue weighted by atomic mass is 10.2. The third-order valence-electron chi connectivity index (χ3n) is 4.33.